The lowest BCUT2D eigenvalue weighted by Crippen LogP contribution is -2.38. The number of para-hydroxylation sites is 1. The highest BCUT2D eigenvalue weighted by Crippen LogP contribution is 2.32. The van der Waals surface area contributed by atoms with Gasteiger partial charge in [0.1, 0.15) is 11.7 Å². The van der Waals surface area contributed by atoms with E-state index in [1.165, 1.54) is 4.68 Å². The van der Waals surface area contributed by atoms with Crippen LogP contribution in [0, 0.1) is 6.92 Å². The summed E-state index contributed by atoms with van der Waals surface area (Å²) >= 11 is 6.61. The van der Waals surface area contributed by atoms with Crippen molar-refractivity contribution in [1.29, 1.82) is 0 Å². The number of aliphatic hydroxyl groups excluding tert-OH is 1. The van der Waals surface area contributed by atoms with Gasteiger partial charge in [0.15, 0.2) is 5.69 Å². The van der Waals surface area contributed by atoms with E-state index in [2.05, 4.69) is 20.2 Å². The molecule has 182 valence electrons. The van der Waals surface area contributed by atoms with Gasteiger partial charge in [0.2, 0.25) is 0 Å². The fourth-order valence-electron chi connectivity index (χ4n) is 4.59. The van der Waals surface area contributed by atoms with Crippen LogP contribution in [0.5, 0.6) is 0 Å². The molecule has 3 aliphatic rings. The van der Waals surface area contributed by atoms with Gasteiger partial charge in [-0.25, -0.2) is 4.68 Å². The van der Waals surface area contributed by atoms with Gasteiger partial charge in [-0.1, -0.05) is 29.8 Å². The quantitative estimate of drug-likeness (QED) is 0.400. The molecule has 3 aliphatic heterocycles. The summed E-state index contributed by atoms with van der Waals surface area (Å²) in [6.45, 7) is 2.97. The predicted octanol–water partition coefficient (Wildman–Crippen LogP) is 3.49. The Morgan fingerprint density at radius 2 is 1.97 bits per heavy atom. The van der Waals surface area contributed by atoms with Gasteiger partial charge in [-0.05, 0) is 43.2 Å². The third-order valence-corrected chi connectivity index (χ3v) is 6.84. The van der Waals surface area contributed by atoms with Crippen LogP contribution in [0.15, 0.2) is 59.7 Å². The summed E-state index contributed by atoms with van der Waals surface area (Å²) in [4.78, 5) is 22.3. The number of hydrogen-bond acceptors (Lipinski definition) is 7. The Labute approximate surface area is 211 Å². The van der Waals surface area contributed by atoms with Gasteiger partial charge in [-0.2, -0.15) is 10.2 Å². The summed E-state index contributed by atoms with van der Waals surface area (Å²) in [5.74, 6) is 0. The van der Waals surface area contributed by atoms with Crippen molar-refractivity contribution >= 4 is 22.5 Å². The van der Waals surface area contributed by atoms with Crippen LogP contribution in [0.1, 0.15) is 23.7 Å². The maximum absolute atomic E-state index is 13.3. The molecule has 36 heavy (non-hydrogen) atoms. The largest absolute Gasteiger partial charge is 0.391 e. The molecule has 0 radical (unpaired) electrons. The summed E-state index contributed by atoms with van der Waals surface area (Å²) in [5.41, 5.74) is 4.57. The number of ether oxygens (including phenoxy) is 1. The van der Waals surface area contributed by atoms with E-state index in [4.69, 9.17) is 16.3 Å². The van der Waals surface area contributed by atoms with Crippen molar-refractivity contribution in [2.45, 2.75) is 32.0 Å². The second-order valence-electron chi connectivity index (χ2n) is 8.98. The van der Waals surface area contributed by atoms with E-state index in [-0.39, 0.29) is 17.9 Å². The molecule has 0 amide bonds. The number of benzene rings is 1. The Kier molecular flexibility index (Phi) is 5.75. The van der Waals surface area contributed by atoms with E-state index >= 15 is 0 Å². The predicted molar refractivity (Wildman–Crippen MR) is 135 cm³/mol. The molecule has 1 saturated heterocycles. The molecule has 0 aliphatic carbocycles. The lowest BCUT2D eigenvalue weighted by Gasteiger charge is -2.26. The first-order chi connectivity index (χ1) is 17.5. The molecule has 10 heteroatoms. The number of halogens is 1. The van der Waals surface area contributed by atoms with Crippen LogP contribution in [0.3, 0.4) is 0 Å². The first-order valence-corrected chi connectivity index (χ1v) is 12.1. The zero-order valence-electron chi connectivity index (χ0n) is 19.5. The molecule has 2 aromatic heterocycles. The molecule has 5 heterocycles. The molecular formula is C26H23ClN6O3. The van der Waals surface area contributed by atoms with Gasteiger partial charge in [0, 0.05) is 35.6 Å². The van der Waals surface area contributed by atoms with E-state index in [1.807, 2.05) is 43.3 Å². The number of nitrogens with zero attached hydrogens (tertiary/aromatic N) is 6. The van der Waals surface area contributed by atoms with Gasteiger partial charge in [-0.15, -0.1) is 0 Å². The minimum absolute atomic E-state index is 0.220. The Morgan fingerprint density at radius 3 is 2.72 bits per heavy atom. The minimum atomic E-state index is -0.712. The van der Waals surface area contributed by atoms with E-state index in [1.54, 1.807) is 23.1 Å². The molecule has 0 bridgehead atoms. The van der Waals surface area contributed by atoms with Gasteiger partial charge in [-0.3, -0.25) is 19.4 Å². The minimum Gasteiger partial charge on any atom is -0.391 e. The van der Waals surface area contributed by atoms with Crippen LogP contribution in [-0.4, -0.2) is 54.0 Å². The van der Waals surface area contributed by atoms with Crippen LogP contribution in [0.2, 0.25) is 5.02 Å². The van der Waals surface area contributed by atoms with Gasteiger partial charge >= 0.3 is 0 Å². The second-order valence-corrected chi connectivity index (χ2v) is 9.39. The normalized spacial score (nSPS) is 18.2. The first-order valence-electron chi connectivity index (χ1n) is 11.7. The fraction of sp³-hybridized carbons (Fsp3) is 0.269. The number of aliphatic hydroxyl groups is 1. The summed E-state index contributed by atoms with van der Waals surface area (Å²) in [6, 6.07) is 12.8. The standard InChI is InChI=1S/C26H23ClN6O3/c1-15-5-7-17(12-28-15)20-8-6-16(11-29-20)13-32-25-18(3-2-4-19(25)27)23-24(30-32)26(35)33(31-23)21-14-36-10-9-22(21)34/h2-8,11-12,21-22,34H,9-10,13-14H2,1H3/t21?,22-/m0/s1. The summed E-state index contributed by atoms with van der Waals surface area (Å²) in [7, 11) is 0. The van der Waals surface area contributed by atoms with Crippen LogP contribution >= 0.6 is 11.6 Å². The van der Waals surface area contributed by atoms with Gasteiger partial charge in [0.05, 0.1) is 35.5 Å². The Hall–Kier alpha value is -3.66. The molecule has 9 nitrogen and oxygen atoms in total. The first kappa shape index (κ1) is 22.8. The SMILES string of the molecule is Cc1ccc(-c2ccc(Cn3nc4c(=O)n(C5COCC[C@@H]5O)nc-4c4cccc(Cl)c43)cn2)cn1. The molecule has 1 aromatic carbocycles. The van der Waals surface area contributed by atoms with Gasteiger partial charge in [0.25, 0.3) is 5.56 Å². The number of aromatic nitrogens is 6. The highest BCUT2D eigenvalue weighted by Gasteiger charge is 2.32. The van der Waals surface area contributed by atoms with Gasteiger partial charge < -0.3 is 9.84 Å². The van der Waals surface area contributed by atoms with Crippen molar-refractivity contribution in [1.82, 2.24) is 29.5 Å². The third kappa shape index (κ3) is 3.95. The van der Waals surface area contributed by atoms with Crippen molar-refractivity contribution in [2.24, 2.45) is 0 Å². The Bertz CT molecular complexity index is 1580. The average molecular weight is 503 g/mol. The maximum Gasteiger partial charge on any atom is 0.297 e. The van der Waals surface area contributed by atoms with E-state index < -0.39 is 12.1 Å². The molecule has 6 rings (SSSR count). The van der Waals surface area contributed by atoms with Crippen LogP contribution in [0.25, 0.3) is 33.5 Å². The monoisotopic (exact) mass is 502 g/mol. The van der Waals surface area contributed by atoms with E-state index in [0.717, 1.165) is 22.5 Å². The zero-order chi connectivity index (χ0) is 24.8. The summed E-state index contributed by atoms with van der Waals surface area (Å²) in [6.07, 6.45) is 3.32. The second kappa shape index (κ2) is 9.09. The van der Waals surface area contributed by atoms with E-state index in [0.29, 0.717) is 41.2 Å². The summed E-state index contributed by atoms with van der Waals surface area (Å²) in [5, 5.41) is 20.9. The van der Waals surface area contributed by atoms with Crippen molar-refractivity contribution in [3.8, 4) is 22.6 Å². The smallest absolute Gasteiger partial charge is 0.297 e. The highest BCUT2D eigenvalue weighted by molar-refractivity contribution is 6.35. The number of aryl methyl sites for hydroxylation is 1. The maximum atomic E-state index is 13.3. The average Bonchev–Trinajstić information content (AvgIpc) is 3.21. The number of rotatable bonds is 4. The fourth-order valence-corrected chi connectivity index (χ4v) is 4.86. The molecule has 1 fully saturated rings. The molecule has 1 N–H and O–H groups in total. The Morgan fingerprint density at radius 1 is 1.08 bits per heavy atom. The highest BCUT2D eigenvalue weighted by atomic mass is 35.5. The van der Waals surface area contributed by atoms with Crippen LogP contribution in [0.4, 0.5) is 0 Å². The van der Waals surface area contributed by atoms with Crippen LogP contribution in [-0.2, 0) is 11.3 Å². The van der Waals surface area contributed by atoms with Crippen molar-refractivity contribution in [3.63, 3.8) is 0 Å². The molecular weight excluding hydrogens is 480 g/mol. The number of fused-ring (bicyclic) bond motifs is 3. The van der Waals surface area contributed by atoms with Crippen LogP contribution < -0.4 is 5.56 Å². The molecule has 1 unspecified atom stereocenters. The summed E-state index contributed by atoms with van der Waals surface area (Å²) < 4.78 is 8.51. The van der Waals surface area contributed by atoms with Crippen molar-refractivity contribution in [2.75, 3.05) is 13.2 Å². The lowest BCUT2D eigenvalue weighted by molar-refractivity contribution is -0.0338. The van der Waals surface area contributed by atoms with Crippen molar-refractivity contribution in [3.05, 3.63) is 81.5 Å². The molecule has 0 saturated carbocycles. The number of pyridine rings is 2. The topological polar surface area (TPSA) is 108 Å². The van der Waals surface area contributed by atoms with E-state index in [9.17, 15) is 9.90 Å². The molecule has 2 atom stereocenters. The van der Waals surface area contributed by atoms with Crippen molar-refractivity contribution < 1.29 is 9.84 Å². The number of hydrogen-bond donors (Lipinski definition) is 1. The molecule has 0 spiro atoms. The Balaban J connectivity index is 1.43. The molecule has 3 aromatic rings. The third-order valence-electron chi connectivity index (χ3n) is 6.53. The zero-order valence-corrected chi connectivity index (χ0v) is 20.3. The lowest BCUT2D eigenvalue weighted by atomic mass is 10.1.